The van der Waals surface area contributed by atoms with Gasteiger partial charge in [-0.25, -0.2) is 12.7 Å². The Morgan fingerprint density at radius 1 is 1.59 bits per heavy atom. The van der Waals surface area contributed by atoms with Crippen LogP contribution in [0, 0.1) is 11.8 Å². The van der Waals surface area contributed by atoms with Gasteiger partial charge < -0.3 is 10.9 Å². The summed E-state index contributed by atoms with van der Waals surface area (Å²) >= 11 is 0. The molecule has 1 fully saturated rings. The molecule has 0 heterocycles. The highest BCUT2D eigenvalue weighted by Gasteiger charge is 2.32. The number of amidine groups is 1. The predicted octanol–water partition coefficient (Wildman–Crippen LogP) is 0.431. The fourth-order valence-corrected chi connectivity index (χ4v) is 3.61. The van der Waals surface area contributed by atoms with E-state index in [0.717, 1.165) is 12.8 Å². The second-order valence-electron chi connectivity index (χ2n) is 4.60. The third-order valence-electron chi connectivity index (χ3n) is 2.99. The first-order chi connectivity index (χ1) is 7.90. The minimum absolute atomic E-state index is 0.0603. The third kappa shape index (κ3) is 4.16. The molecule has 1 aliphatic rings. The highest BCUT2D eigenvalue weighted by atomic mass is 32.2. The molecule has 3 N–H and O–H groups in total. The molecule has 1 rings (SSSR count). The highest BCUT2D eigenvalue weighted by Crippen LogP contribution is 2.31. The fraction of sp³-hybridized carbons (Fsp3) is 0.900. The quantitative estimate of drug-likeness (QED) is 0.301. The Bertz CT molecular complexity index is 376. The molecule has 0 aromatic rings. The molecular weight excluding hydrogens is 242 g/mol. The Morgan fingerprint density at radius 2 is 2.18 bits per heavy atom. The standard InChI is InChI=1S/C10H21N3O3S/c1-3-13(6-8(2)10(11)12-14)17(15,16)7-9-4-5-9/h8-9,14H,3-7H2,1-2H3,(H2,11,12). The summed E-state index contributed by atoms with van der Waals surface area (Å²) in [4.78, 5) is 0. The molecule has 0 aromatic heterocycles. The summed E-state index contributed by atoms with van der Waals surface area (Å²) in [6, 6.07) is 0. The van der Waals surface area contributed by atoms with Crippen LogP contribution in [0.25, 0.3) is 0 Å². The Balaban J connectivity index is 2.63. The van der Waals surface area contributed by atoms with Crippen LogP contribution >= 0.6 is 0 Å². The van der Waals surface area contributed by atoms with Gasteiger partial charge in [0.2, 0.25) is 10.0 Å². The van der Waals surface area contributed by atoms with Crippen molar-refractivity contribution in [3.05, 3.63) is 0 Å². The summed E-state index contributed by atoms with van der Waals surface area (Å²) in [5, 5.41) is 11.4. The normalized spacial score (nSPS) is 19.6. The van der Waals surface area contributed by atoms with Gasteiger partial charge in [-0.1, -0.05) is 19.0 Å². The molecule has 0 radical (unpaired) electrons. The third-order valence-corrected chi connectivity index (χ3v) is 5.07. The lowest BCUT2D eigenvalue weighted by Gasteiger charge is -2.23. The smallest absolute Gasteiger partial charge is 0.214 e. The van der Waals surface area contributed by atoms with Gasteiger partial charge in [-0.15, -0.1) is 0 Å². The molecule has 1 aliphatic carbocycles. The van der Waals surface area contributed by atoms with Gasteiger partial charge in [0, 0.05) is 19.0 Å². The summed E-state index contributed by atoms with van der Waals surface area (Å²) < 4.78 is 25.5. The average molecular weight is 263 g/mol. The molecule has 1 saturated carbocycles. The summed E-state index contributed by atoms with van der Waals surface area (Å²) in [5.41, 5.74) is 5.45. The Kier molecular flexibility index (Phi) is 4.76. The number of rotatable bonds is 7. The number of hydrogen-bond donors (Lipinski definition) is 2. The molecule has 17 heavy (non-hydrogen) atoms. The zero-order valence-electron chi connectivity index (χ0n) is 10.3. The molecule has 0 aromatic carbocycles. The largest absolute Gasteiger partial charge is 0.409 e. The minimum atomic E-state index is -3.20. The van der Waals surface area contributed by atoms with Gasteiger partial charge in [0.1, 0.15) is 5.84 Å². The van der Waals surface area contributed by atoms with Crippen molar-refractivity contribution >= 4 is 15.9 Å². The molecule has 100 valence electrons. The van der Waals surface area contributed by atoms with Gasteiger partial charge in [-0.05, 0) is 18.8 Å². The van der Waals surface area contributed by atoms with Crippen LogP contribution in [0.5, 0.6) is 0 Å². The Labute approximate surface area is 103 Å². The van der Waals surface area contributed by atoms with Gasteiger partial charge >= 0.3 is 0 Å². The topological polar surface area (TPSA) is 96.0 Å². The maximum absolute atomic E-state index is 12.0. The van der Waals surface area contributed by atoms with Crippen molar-refractivity contribution in [3.63, 3.8) is 0 Å². The molecule has 6 nitrogen and oxygen atoms in total. The summed E-state index contributed by atoms with van der Waals surface area (Å²) in [6.45, 7) is 4.22. The van der Waals surface area contributed by atoms with Crippen LogP contribution in [0.15, 0.2) is 5.16 Å². The van der Waals surface area contributed by atoms with E-state index < -0.39 is 10.0 Å². The second kappa shape index (κ2) is 5.68. The first-order valence-electron chi connectivity index (χ1n) is 5.86. The van der Waals surface area contributed by atoms with Crippen molar-refractivity contribution in [3.8, 4) is 0 Å². The first kappa shape index (κ1) is 14.2. The van der Waals surface area contributed by atoms with Crippen LogP contribution < -0.4 is 5.73 Å². The number of nitrogens with two attached hydrogens (primary N) is 1. The van der Waals surface area contributed by atoms with Crippen molar-refractivity contribution < 1.29 is 13.6 Å². The lowest BCUT2D eigenvalue weighted by molar-refractivity contribution is 0.311. The van der Waals surface area contributed by atoms with Gasteiger partial charge in [-0.2, -0.15) is 0 Å². The average Bonchev–Trinajstić information content (AvgIpc) is 3.06. The first-order valence-corrected chi connectivity index (χ1v) is 7.46. The van der Waals surface area contributed by atoms with E-state index in [2.05, 4.69) is 5.16 Å². The van der Waals surface area contributed by atoms with Crippen molar-refractivity contribution in [1.82, 2.24) is 4.31 Å². The van der Waals surface area contributed by atoms with Gasteiger partial charge in [0.05, 0.1) is 5.75 Å². The molecule has 1 unspecified atom stereocenters. The molecule has 0 aliphatic heterocycles. The number of nitrogens with zero attached hydrogens (tertiary/aromatic N) is 2. The minimum Gasteiger partial charge on any atom is -0.409 e. The van der Waals surface area contributed by atoms with Crippen LogP contribution in [0.1, 0.15) is 26.7 Å². The maximum atomic E-state index is 12.0. The van der Waals surface area contributed by atoms with Crippen LogP contribution in [0.4, 0.5) is 0 Å². The molecule has 7 heteroatoms. The molecule has 1 atom stereocenters. The molecule has 0 saturated heterocycles. The molecule has 0 bridgehead atoms. The molecule has 0 spiro atoms. The van der Waals surface area contributed by atoms with Gasteiger partial charge in [-0.3, -0.25) is 0 Å². The molecule has 0 amide bonds. The van der Waals surface area contributed by atoms with Crippen molar-refractivity contribution in [1.29, 1.82) is 0 Å². The van der Waals surface area contributed by atoms with E-state index in [-0.39, 0.29) is 24.1 Å². The van der Waals surface area contributed by atoms with E-state index in [1.807, 2.05) is 0 Å². The SMILES string of the molecule is CCN(CC(C)C(N)=NO)S(=O)(=O)CC1CC1. The van der Waals surface area contributed by atoms with Crippen LogP contribution in [-0.2, 0) is 10.0 Å². The van der Waals surface area contributed by atoms with E-state index in [0.29, 0.717) is 12.5 Å². The summed E-state index contributed by atoms with van der Waals surface area (Å²) in [7, 11) is -3.20. The van der Waals surface area contributed by atoms with E-state index in [1.165, 1.54) is 4.31 Å². The second-order valence-corrected chi connectivity index (χ2v) is 6.61. The van der Waals surface area contributed by atoms with Crippen molar-refractivity contribution in [2.45, 2.75) is 26.7 Å². The zero-order chi connectivity index (χ0) is 13.1. The summed E-state index contributed by atoms with van der Waals surface area (Å²) in [6.07, 6.45) is 2.01. The van der Waals surface area contributed by atoms with Crippen molar-refractivity contribution in [2.24, 2.45) is 22.7 Å². The fourth-order valence-electron chi connectivity index (χ4n) is 1.62. The Morgan fingerprint density at radius 3 is 2.59 bits per heavy atom. The highest BCUT2D eigenvalue weighted by molar-refractivity contribution is 7.89. The van der Waals surface area contributed by atoms with E-state index in [9.17, 15) is 8.42 Å². The number of hydrogen-bond acceptors (Lipinski definition) is 4. The maximum Gasteiger partial charge on any atom is 0.214 e. The lowest BCUT2D eigenvalue weighted by atomic mass is 10.1. The number of sulfonamides is 1. The van der Waals surface area contributed by atoms with Gasteiger partial charge in [0.15, 0.2) is 0 Å². The lowest BCUT2D eigenvalue weighted by Crippen LogP contribution is -2.40. The number of oxime groups is 1. The zero-order valence-corrected chi connectivity index (χ0v) is 11.2. The van der Waals surface area contributed by atoms with Crippen LogP contribution in [-0.4, -0.2) is 42.6 Å². The van der Waals surface area contributed by atoms with E-state index >= 15 is 0 Å². The van der Waals surface area contributed by atoms with E-state index in [4.69, 9.17) is 10.9 Å². The Hall–Kier alpha value is -0.820. The predicted molar refractivity (Wildman–Crippen MR) is 66.3 cm³/mol. The monoisotopic (exact) mass is 263 g/mol. The summed E-state index contributed by atoms with van der Waals surface area (Å²) in [5.74, 6) is 0.330. The molecular formula is C10H21N3O3S. The van der Waals surface area contributed by atoms with Gasteiger partial charge in [0.25, 0.3) is 0 Å². The van der Waals surface area contributed by atoms with Crippen molar-refractivity contribution in [2.75, 3.05) is 18.8 Å². The van der Waals surface area contributed by atoms with E-state index in [1.54, 1.807) is 13.8 Å². The van der Waals surface area contributed by atoms with Crippen LogP contribution in [0.2, 0.25) is 0 Å². The van der Waals surface area contributed by atoms with Crippen LogP contribution in [0.3, 0.4) is 0 Å².